The molecule has 5 rings (SSSR count). The maximum atomic E-state index is 6.39. The third-order valence-corrected chi connectivity index (χ3v) is 7.78. The highest BCUT2D eigenvalue weighted by Gasteiger charge is 2.42. The molecule has 0 bridgehead atoms. The fourth-order valence-electron chi connectivity index (χ4n) is 3.97. The first kappa shape index (κ1) is 22.2. The quantitative estimate of drug-likeness (QED) is 0.269. The van der Waals surface area contributed by atoms with Crippen LogP contribution in [0.5, 0.6) is 0 Å². The number of furan rings is 1. The second kappa shape index (κ2) is 9.33. The summed E-state index contributed by atoms with van der Waals surface area (Å²) in [5.74, 6) is 0.841. The maximum Gasteiger partial charge on any atom is 0.174 e. The summed E-state index contributed by atoms with van der Waals surface area (Å²) in [6.45, 7) is 4.17. The van der Waals surface area contributed by atoms with Gasteiger partial charge in [-0.05, 0) is 86.2 Å². The van der Waals surface area contributed by atoms with Crippen molar-refractivity contribution in [1.29, 1.82) is 0 Å². The van der Waals surface area contributed by atoms with Crippen LogP contribution in [-0.4, -0.2) is 10.1 Å². The Hall–Kier alpha value is -2.61. The van der Waals surface area contributed by atoms with Crippen LogP contribution in [0.25, 0.3) is 0 Å². The number of thiocarbonyl (C=S) groups is 1. The highest BCUT2D eigenvalue weighted by Crippen LogP contribution is 2.43. The van der Waals surface area contributed by atoms with Crippen LogP contribution in [0.3, 0.4) is 0 Å². The van der Waals surface area contributed by atoms with Crippen LogP contribution >= 0.6 is 39.9 Å². The van der Waals surface area contributed by atoms with Gasteiger partial charge in [0.05, 0.1) is 11.7 Å². The normalized spacial score (nSPS) is 17.9. The summed E-state index contributed by atoms with van der Waals surface area (Å²) in [5.41, 5.74) is 4.32. The van der Waals surface area contributed by atoms with Crippen LogP contribution in [0.4, 0.5) is 5.69 Å². The summed E-state index contributed by atoms with van der Waals surface area (Å²) in [6.07, 6.45) is 1.81. The van der Waals surface area contributed by atoms with Crippen LogP contribution in [0.15, 0.2) is 97.9 Å². The molecule has 3 heterocycles. The molecule has 0 amide bonds. The Bertz CT molecular complexity index is 1290. The Labute approximate surface area is 211 Å². The molecule has 0 radical (unpaired) electrons. The van der Waals surface area contributed by atoms with E-state index < -0.39 is 0 Å². The summed E-state index contributed by atoms with van der Waals surface area (Å²) in [5, 5.41) is 4.98. The molecule has 1 saturated heterocycles. The minimum Gasteiger partial charge on any atom is -0.452 e. The monoisotopic (exact) mass is 535 g/mol. The van der Waals surface area contributed by atoms with Gasteiger partial charge in [-0.25, -0.2) is 0 Å². The minimum atomic E-state index is -0.166. The zero-order valence-electron chi connectivity index (χ0n) is 18.2. The van der Waals surface area contributed by atoms with Gasteiger partial charge in [-0.3, -0.25) is 4.98 Å². The Morgan fingerprint density at radius 1 is 1.03 bits per heavy atom. The van der Waals surface area contributed by atoms with E-state index in [0.29, 0.717) is 5.11 Å². The smallest absolute Gasteiger partial charge is 0.174 e. The second-order valence-corrected chi connectivity index (χ2v) is 10.3. The molecule has 2 atom stereocenters. The topological polar surface area (TPSA) is 41.3 Å². The average molecular weight is 537 g/mol. The number of halogens is 1. The van der Waals surface area contributed by atoms with Gasteiger partial charge in [-0.15, -0.1) is 0 Å². The predicted molar refractivity (Wildman–Crippen MR) is 141 cm³/mol. The lowest BCUT2D eigenvalue weighted by molar-refractivity contribution is 0.383. The maximum absolute atomic E-state index is 6.39. The third kappa shape index (κ3) is 4.58. The highest BCUT2D eigenvalue weighted by molar-refractivity contribution is 9.10. The molecule has 4 nitrogen and oxygen atoms in total. The molecule has 1 N–H and O–H groups in total. The van der Waals surface area contributed by atoms with Crippen molar-refractivity contribution < 1.29 is 4.42 Å². The summed E-state index contributed by atoms with van der Waals surface area (Å²) in [4.78, 5) is 7.88. The van der Waals surface area contributed by atoms with Crippen molar-refractivity contribution in [3.05, 3.63) is 106 Å². The Kier molecular flexibility index (Phi) is 6.27. The Balaban J connectivity index is 1.53. The molecule has 1 fully saturated rings. The fourth-order valence-corrected chi connectivity index (χ4v) is 5.34. The van der Waals surface area contributed by atoms with Crippen molar-refractivity contribution in [2.75, 3.05) is 4.90 Å². The van der Waals surface area contributed by atoms with Gasteiger partial charge in [-0.1, -0.05) is 51.5 Å². The zero-order valence-corrected chi connectivity index (χ0v) is 21.4. The number of nitrogens with one attached hydrogen (secondary N) is 1. The molecule has 1 aliphatic rings. The number of hydrogen-bond acceptors (Lipinski definition) is 4. The minimum absolute atomic E-state index is 0.133. The van der Waals surface area contributed by atoms with Crippen LogP contribution in [0.2, 0.25) is 0 Å². The van der Waals surface area contributed by atoms with E-state index in [4.69, 9.17) is 16.6 Å². The molecule has 0 aliphatic carbocycles. The van der Waals surface area contributed by atoms with Gasteiger partial charge in [0.2, 0.25) is 0 Å². The van der Waals surface area contributed by atoms with E-state index >= 15 is 0 Å². The predicted octanol–water partition coefficient (Wildman–Crippen LogP) is 7.38. The number of aryl methyl sites for hydroxylation is 2. The molecule has 0 saturated carbocycles. The van der Waals surface area contributed by atoms with Crippen LogP contribution in [0.1, 0.15) is 34.7 Å². The van der Waals surface area contributed by atoms with Crippen molar-refractivity contribution >= 4 is 50.7 Å². The first-order chi connectivity index (χ1) is 16.0. The number of anilines is 1. The Morgan fingerprint density at radius 3 is 2.58 bits per heavy atom. The molecular formula is C26H22BrN3OS2. The molecule has 0 unspecified atom stereocenters. The van der Waals surface area contributed by atoms with Gasteiger partial charge in [0.1, 0.15) is 11.8 Å². The van der Waals surface area contributed by atoms with Gasteiger partial charge in [0.15, 0.2) is 10.2 Å². The van der Waals surface area contributed by atoms with E-state index in [9.17, 15) is 0 Å². The van der Waals surface area contributed by atoms with Crippen molar-refractivity contribution in [2.24, 2.45) is 0 Å². The van der Waals surface area contributed by atoms with Crippen LogP contribution in [0, 0.1) is 13.8 Å². The van der Waals surface area contributed by atoms with E-state index in [2.05, 4.69) is 87.4 Å². The zero-order chi connectivity index (χ0) is 22.9. The van der Waals surface area contributed by atoms with Crippen molar-refractivity contribution in [3.63, 3.8) is 0 Å². The van der Waals surface area contributed by atoms with Gasteiger partial charge < -0.3 is 14.6 Å². The number of pyridine rings is 1. The highest BCUT2D eigenvalue weighted by atomic mass is 79.9. The van der Waals surface area contributed by atoms with Gasteiger partial charge >= 0.3 is 0 Å². The van der Waals surface area contributed by atoms with Gasteiger partial charge in [0, 0.05) is 21.3 Å². The van der Waals surface area contributed by atoms with Crippen LogP contribution < -0.4 is 10.2 Å². The molecular weight excluding hydrogens is 514 g/mol. The van der Waals surface area contributed by atoms with E-state index in [1.54, 1.807) is 11.8 Å². The number of aromatic nitrogens is 1. The molecule has 4 aromatic rings. The molecule has 7 heteroatoms. The lowest BCUT2D eigenvalue weighted by Crippen LogP contribution is -2.29. The van der Waals surface area contributed by atoms with Gasteiger partial charge in [0.25, 0.3) is 0 Å². The Morgan fingerprint density at radius 2 is 1.85 bits per heavy atom. The summed E-state index contributed by atoms with van der Waals surface area (Å²) >= 11 is 11.0. The number of benzene rings is 2. The van der Waals surface area contributed by atoms with E-state index in [1.165, 1.54) is 5.56 Å². The molecule has 0 spiro atoms. The summed E-state index contributed by atoms with van der Waals surface area (Å²) < 4.78 is 7.46. The first-order valence-corrected chi connectivity index (χ1v) is 12.6. The number of nitrogens with zero attached hydrogens (tertiary/aromatic N) is 2. The lowest BCUT2D eigenvalue weighted by atomic mass is 10.0. The standard InChI is InChI=1S/C26H22BrN3OS2/c1-16-6-9-19(10-7-16)33-23-13-12-22(31-23)25-24(21-5-3-4-14-28-21)29-26(32)30(25)18-8-11-20(27)17(2)15-18/h3-15,24-25H,1-2H3,(H,29,32)/t24-,25+/m1/s1. The van der Waals surface area contributed by atoms with E-state index in [-0.39, 0.29) is 12.1 Å². The molecule has 2 aromatic heterocycles. The lowest BCUT2D eigenvalue weighted by Gasteiger charge is -2.26. The average Bonchev–Trinajstić information content (AvgIpc) is 3.42. The molecule has 166 valence electrons. The summed E-state index contributed by atoms with van der Waals surface area (Å²) in [6, 6.07) is 24.4. The molecule has 1 aliphatic heterocycles. The summed E-state index contributed by atoms with van der Waals surface area (Å²) in [7, 11) is 0. The van der Waals surface area contributed by atoms with Gasteiger partial charge in [-0.2, -0.15) is 0 Å². The van der Waals surface area contributed by atoms with E-state index in [0.717, 1.165) is 37.2 Å². The SMILES string of the molecule is Cc1ccc(Sc2ccc([C@H]3[C@@H](c4ccccn4)NC(=S)N3c3ccc(Br)c(C)c3)o2)cc1. The van der Waals surface area contributed by atoms with Crippen molar-refractivity contribution in [2.45, 2.75) is 35.9 Å². The third-order valence-electron chi connectivity index (χ3n) is 5.65. The van der Waals surface area contributed by atoms with Crippen molar-refractivity contribution in [1.82, 2.24) is 10.3 Å². The second-order valence-electron chi connectivity index (χ2n) is 8.00. The first-order valence-electron chi connectivity index (χ1n) is 10.6. The fraction of sp³-hybridized carbons (Fsp3) is 0.154. The largest absolute Gasteiger partial charge is 0.452 e. The molecule has 2 aromatic carbocycles. The van der Waals surface area contributed by atoms with Crippen LogP contribution in [-0.2, 0) is 0 Å². The van der Waals surface area contributed by atoms with E-state index in [1.807, 2.05) is 36.5 Å². The molecule has 33 heavy (non-hydrogen) atoms. The van der Waals surface area contributed by atoms with Crippen molar-refractivity contribution in [3.8, 4) is 0 Å². The number of hydrogen-bond donors (Lipinski definition) is 1. The number of rotatable bonds is 5.